The van der Waals surface area contributed by atoms with Crippen molar-refractivity contribution in [1.82, 2.24) is 9.62 Å². The fourth-order valence-electron chi connectivity index (χ4n) is 2.05. The van der Waals surface area contributed by atoms with Gasteiger partial charge in [-0.3, -0.25) is 4.79 Å². The number of piperazine rings is 1. The molecule has 0 saturated carbocycles. The van der Waals surface area contributed by atoms with Gasteiger partial charge in [0.15, 0.2) is 5.78 Å². The molecule has 6 heteroatoms. The number of Topliss-reactive ketones (excluding diaryl/α,β-unsaturated/α-hetero) is 1. The molecule has 19 heavy (non-hydrogen) atoms. The van der Waals surface area contributed by atoms with Crippen molar-refractivity contribution in [1.29, 1.82) is 0 Å². The number of ketones is 1. The quantitative estimate of drug-likeness (QED) is 0.832. The summed E-state index contributed by atoms with van der Waals surface area (Å²) in [5, 5.41) is 3.12. The Kier molecular flexibility index (Phi) is 4.34. The third-order valence-corrected chi connectivity index (χ3v) is 5.12. The van der Waals surface area contributed by atoms with E-state index < -0.39 is 10.0 Å². The first-order valence-corrected chi connectivity index (χ1v) is 7.84. The van der Waals surface area contributed by atoms with E-state index in [0.29, 0.717) is 38.2 Å². The van der Waals surface area contributed by atoms with Crippen LogP contribution in [0.1, 0.15) is 23.7 Å². The van der Waals surface area contributed by atoms with E-state index in [1.807, 2.05) is 0 Å². The monoisotopic (exact) mass is 282 g/mol. The van der Waals surface area contributed by atoms with Crippen molar-refractivity contribution in [2.75, 3.05) is 26.2 Å². The predicted octanol–water partition coefficient (Wildman–Crippen LogP) is 0.873. The molecule has 0 spiro atoms. The summed E-state index contributed by atoms with van der Waals surface area (Å²) in [5.41, 5.74) is 0.557. The predicted molar refractivity (Wildman–Crippen MR) is 72.7 cm³/mol. The van der Waals surface area contributed by atoms with Gasteiger partial charge in [-0.25, -0.2) is 8.42 Å². The molecule has 5 nitrogen and oxygen atoms in total. The van der Waals surface area contributed by atoms with Gasteiger partial charge in [-0.2, -0.15) is 4.31 Å². The Hall–Kier alpha value is -1.24. The number of hydrogen-bond donors (Lipinski definition) is 1. The molecule has 0 atom stereocenters. The molecular weight excluding hydrogens is 264 g/mol. The molecule has 1 saturated heterocycles. The van der Waals surface area contributed by atoms with Crippen LogP contribution < -0.4 is 5.32 Å². The third-order valence-electron chi connectivity index (χ3n) is 3.21. The smallest absolute Gasteiger partial charge is 0.243 e. The van der Waals surface area contributed by atoms with E-state index in [1.165, 1.54) is 16.4 Å². The lowest BCUT2D eigenvalue weighted by Crippen LogP contribution is -2.46. The summed E-state index contributed by atoms with van der Waals surface area (Å²) in [6.45, 7) is 4.10. The Morgan fingerprint density at radius 3 is 2.32 bits per heavy atom. The molecule has 1 aromatic rings. The van der Waals surface area contributed by atoms with Crippen LogP contribution in [0.2, 0.25) is 0 Å². The van der Waals surface area contributed by atoms with Gasteiger partial charge in [-0.05, 0) is 12.1 Å². The fraction of sp³-hybridized carbons (Fsp3) is 0.462. The van der Waals surface area contributed by atoms with Gasteiger partial charge in [0, 0.05) is 38.2 Å². The molecule has 1 aromatic carbocycles. The minimum atomic E-state index is -3.43. The average molecular weight is 282 g/mol. The molecule has 1 heterocycles. The van der Waals surface area contributed by atoms with E-state index in [4.69, 9.17) is 0 Å². The second-order valence-electron chi connectivity index (χ2n) is 4.46. The van der Waals surface area contributed by atoms with Gasteiger partial charge in [0.05, 0.1) is 4.90 Å². The van der Waals surface area contributed by atoms with Crippen molar-refractivity contribution in [2.45, 2.75) is 18.2 Å². The molecule has 0 aliphatic carbocycles. The molecule has 1 fully saturated rings. The highest BCUT2D eigenvalue weighted by atomic mass is 32.2. The van der Waals surface area contributed by atoms with E-state index in [-0.39, 0.29) is 10.7 Å². The molecule has 0 amide bonds. The van der Waals surface area contributed by atoms with E-state index in [2.05, 4.69) is 5.32 Å². The first-order chi connectivity index (χ1) is 9.05. The van der Waals surface area contributed by atoms with Crippen LogP contribution in [-0.4, -0.2) is 44.7 Å². The number of carbonyl (C=O) groups is 1. The lowest BCUT2D eigenvalue weighted by Gasteiger charge is -2.26. The van der Waals surface area contributed by atoms with Crippen molar-refractivity contribution in [3.63, 3.8) is 0 Å². The summed E-state index contributed by atoms with van der Waals surface area (Å²) in [7, 11) is -3.43. The molecular formula is C13H18N2O3S. The summed E-state index contributed by atoms with van der Waals surface area (Å²) in [5.74, 6) is 0.0196. The number of carbonyl (C=O) groups excluding carboxylic acids is 1. The van der Waals surface area contributed by atoms with Crippen LogP contribution in [0.15, 0.2) is 29.2 Å². The highest BCUT2D eigenvalue weighted by Gasteiger charge is 2.25. The van der Waals surface area contributed by atoms with Gasteiger partial charge in [-0.15, -0.1) is 0 Å². The van der Waals surface area contributed by atoms with Crippen LogP contribution in [0.25, 0.3) is 0 Å². The van der Waals surface area contributed by atoms with Gasteiger partial charge in [0.25, 0.3) is 0 Å². The number of hydrogen-bond acceptors (Lipinski definition) is 4. The molecule has 0 bridgehead atoms. The van der Waals surface area contributed by atoms with Gasteiger partial charge >= 0.3 is 0 Å². The largest absolute Gasteiger partial charge is 0.314 e. The molecule has 1 aliphatic rings. The van der Waals surface area contributed by atoms with Crippen LogP contribution >= 0.6 is 0 Å². The van der Waals surface area contributed by atoms with Crippen molar-refractivity contribution in [3.05, 3.63) is 29.8 Å². The van der Waals surface area contributed by atoms with Crippen LogP contribution in [0.3, 0.4) is 0 Å². The van der Waals surface area contributed by atoms with Crippen LogP contribution in [-0.2, 0) is 10.0 Å². The number of sulfonamides is 1. The molecule has 104 valence electrons. The second kappa shape index (κ2) is 5.81. The summed E-state index contributed by atoms with van der Waals surface area (Å²) in [6, 6.07) is 6.20. The van der Waals surface area contributed by atoms with Gasteiger partial charge < -0.3 is 5.32 Å². The number of nitrogens with zero attached hydrogens (tertiary/aromatic N) is 1. The van der Waals surface area contributed by atoms with Gasteiger partial charge in [0.2, 0.25) is 10.0 Å². The maximum Gasteiger partial charge on any atom is 0.243 e. The van der Waals surface area contributed by atoms with Crippen molar-refractivity contribution >= 4 is 15.8 Å². The highest BCUT2D eigenvalue weighted by Crippen LogP contribution is 2.17. The maximum atomic E-state index is 12.4. The normalized spacial score (nSPS) is 17.3. The van der Waals surface area contributed by atoms with E-state index in [1.54, 1.807) is 19.1 Å². The zero-order chi connectivity index (χ0) is 13.9. The molecule has 1 aliphatic heterocycles. The molecule has 0 unspecified atom stereocenters. The zero-order valence-corrected chi connectivity index (χ0v) is 11.7. The second-order valence-corrected chi connectivity index (χ2v) is 6.39. The van der Waals surface area contributed by atoms with Crippen LogP contribution in [0.4, 0.5) is 0 Å². The van der Waals surface area contributed by atoms with Crippen molar-refractivity contribution < 1.29 is 13.2 Å². The van der Waals surface area contributed by atoms with E-state index >= 15 is 0 Å². The lowest BCUT2D eigenvalue weighted by atomic mass is 10.1. The molecule has 0 radical (unpaired) electrons. The summed E-state index contributed by atoms with van der Waals surface area (Å²) in [4.78, 5) is 11.8. The maximum absolute atomic E-state index is 12.4. The SMILES string of the molecule is CCC(=O)c1ccc(S(=O)(=O)N2CCNCC2)cc1. The Bertz CT molecular complexity index is 546. The van der Waals surface area contributed by atoms with Gasteiger partial charge in [0.1, 0.15) is 0 Å². The van der Waals surface area contributed by atoms with Crippen LogP contribution in [0.5, 0.6) is 0 Å². The number of benzene rings is 1. The minimum Gasteiger partial charge on any atom is -0.314 e. The summed E-state index contributed by atoms with van der Waals surface area (Å²) >= 11 is 0. The Balaban J connectivity index is 2.23. The van der Waals surface area contributed by atoms with Gasteiger partial charge in [-0.1, -0.05) is 19.1 Å². The first-order valence-electron chi connectivity index (χ1n) is 6.40. The van der Waals surface area contributed by atoms with Crippen molar-refractivity contribution in [3.8, 4) is 0 Å². The number of rotatable bonds is 4. The first kappa shape index (κ1) is 14.2. The summed E-state index contributed by atoms with van der Waals surface area (Å²) < 4.78 is 26.2. The Morgan fingerprint density at radius 1 is 1.21 bits per heavy atom. The standard InChI is InChI=1S/C13H18N2O3S/c1-2-13(16)11-3-5-12(6-4-11)19(17,18)15-9-7-14-8-10-15/h3-6,14H,2,7-10H2,1H3. The number of nitrogens with one attached hydrogen (secondary N) is 1. The molecule has 2 rings (SSSR count). The average Bonchev–Trinajstić information content (AvgIpc) is 2.47. The fourth-order valence-corrected chi connectivity index (χ4v) is 3.49. The van der Waals surface area contributed by atoms with Crippen LogP contribution in [0, 0.1) is 0 Å². The Morgan fingerprint density at radius 2 is 1.79 bits per heavy atom. The summed E-state index contributed by atoms with van der Waals surface area (Å²) in [6.07, 6.45) is 0.421. The third kappa shape index (κ3) is 3.02. The molecule has 1 N–H and O–H groups in total. The van der Waals surface area contributed by atoms with E-state index in [9.17, 15) is 13.2 Å². The topological polar surface area (TPSA) is 66.5 Å². The zero-order valence-electron chi connectivity index (χ0n) is 10.9. The highest BCUT2D eigenvalue weighted by molar-refractivity contribution is 7.89. The van der Waals surface area contributed by atoms with E-state index in [0.717, 1.165) is 0 Å². The lowest BCUT2D eigenvalue weighted by molar-refractivity contribution is 0.0988. The minimum absolute atomic E-state index is 0.0196. The Labute approximate surface area is 113 Å². The van der Waals surface area contributed by atoms with Crippen molar-refractivity contribution in [2.24, 2.45) is 0 Å². The molecule has 0 aromatic heterocycles.